The number of hydrogen-bond acceptors (Lipinski definition) is 2. The van der Waals surface area contributed by atoms with Crippen LogP contribution in [0.1, 0.15) is 39.0 Å². The number of hydrogen-bond donors (Lipinski definition) is 2. The maximum absolute atomic E-state index is 10.4. The first-order valence-corrected chi connectivity index (χ1v) is 5.62. The molecule has 0 radical (unpaired) electrons. The van der Waals surface area contributed by atoms with Crippen molar-refractivity contribution in [3.05, 3.63) is 0 Å². The molecule has 0 aromatic carbocycles. The molecule has 0 bridgehead atoms. The van der Waals surface area contributed by atoms with Crippen LogP contribution in [0.2, 0.25) is 0 Å². The van der Waals surface area contributed by atoms with Gasteiger partial charge in [-0.2, -0.15) is 0 Å². The zero-order valence-electron chi connectivity index (χ0n) is 8.79. The van der Waals surface area contributed by atoms with Gasteiger partial charge in [-0.3, -0.25) is 0 Å². The van der Waals surface area contributed by atoms with Crippen LogP contribution in [0.15, 0.2) is 0 Å². The SMILES string of the molecule is C#CC1(O)CC(C)NC2CCCCC21. The zero-order chi connectivity index (χ0) is 10.2. The number of terminal acetylenes is 1. The van der Waals surface area contributed by atoms with Gasteiger partial charge in [-0.15, -0.1) is 6.42 Å². The van der Waals surface area contributed by atoms with Gasteiger partial charge in [0.15, 0.2) is 0 Å². The van der Waals surface area contributed by atoms with Crippen LogP contribution in [0.4, 0.5) is 0 Å². The monoisotopic (exact) mass is 193 g/mol. The predicted molar refractivity (Wildman–Crippen MR) is 56.7 cm³/mol. The molecular formula is C12H19NO. The fourth-order valence-corrected chi connectivity index (χ4v) is 3.11. The second-order valence-corrected chi connectivity index (χ2v) is 4.84. The normalized spacial score (nSPS) is 47.9. The molecule has 2 heteroatoms. The molecule has 78 valence electrons. The number of nitrogens with one attached hydrogen (secondary N) is 1. The van der Waals surface area contributed by atoms with E-state index in [4.69, 9.17) is 6.42 Å². The molecule has 2 N–H and O–H groups in total. The van der Waals surface area contributed by atoms with Crippen molar-refractivity contribution in [3.63, 3.8) is 0 Å². The average molecular weight is 193 g/mol. The van der Waals surface area contributed by atoms with Crippen LogP contribution < -0.4 is 5.32 Å². The van der Waals surface area contributed by atoms with Crippen molar-refractivity contribution in [1.82, 2.24) is 5.32 Å². The minimum absolute atomic E-state index is 0.275. The lowest BCUT2D eigenvalue weighted by Crippen LogP contribution is -2.59. The summed E-state index contributed by atoms with van der Waals surface area (Å²) in [4.78, 5) is 0. The fourth-order valence-electron chi connectivity index (χ4n) is 3.11. The number of piperidine rings is 1. The number of fused-ring (bicyclic) bond motifs is 1. The van der Waals surface area contributed by atoms with E-state index in [0.29, 0.717) is 18.5 Å². The van der Waals surface area contributed by atoms with E-state index in [2.05, 4.69) is 18.2 Å². The van der Waals surface area contributed by atoms with Crippen LogP contribution in [0, 0.1) is 18.3 Å². The zero-order valence-corrected chi connectivity index (χ0v) is 8.79. The van der Waals surface area contributed by atoms with E-state index in [1.165, 1.54) is 19.3 Å². The minimum Gasteiger partial charge on any atom is -0.377 e. The van der Waals surface area contributed by atoms with Gasteiger partial charge in [0.2, 0.25) is 0 Å². The van der Waals surface area contributed by atoms with Crippen molar-refractivity contribution < 1.29 is 5.11 Å². The number of rotatable bonds is 0. The molecule has 2 fully saturated rings. The van der Waals surface area contributed by atoms with Gasteiger partial charge in [0.05, 0.1) is 0 Å². The summed E-state index contributed by atoms with van der Waals surface area (Å²) in [5, 5.41) is 13.9. The molecular weight excluding hydrogens is 174 g/mol. The minimum atomic E-state index is -0.851. The molecule has 1 heterocycles. The van der Waals surface area contributed by atoms with Crippen molar-refractivity contribution in [1.29, 1.82) is 0 Å². The Balaban J connectivity index is 2.20. The summed E-state index contributed by atoms with van der Waals surface area (Å²) in [5.74, 6) is 2.90. The fraction of sp³-hybridized carbons (Fsp3) is 0.833. The van der Waals surface area contributed by atoms with E-state index in [-0.39, 0.29) is 5.92 Å². The Hall–Kier alpha value is -0.520. The third-order valence-corrected chi connectivity index (χ3v) is 3.75. The van der Waals surface area contributed by atoms with Crippen LogP contribution >= 0.6 is 0 Å². The van der Waals surface area contributed by atoms with Gasteiger partial charge in [0, 0.05) is 24.4 Å². The predicted octanol–water partition coefficient (Wildman–Crippen LogP) is 1.29. The average Bonchev–Trinajstić information content (AvgIpc) is 2.17. The summed E-state index contributed by atoms with van der Waals surface area (Å²) < 4.78 is 0. The molecule has 0 amide bonds. The van der Waals surface area contributed by atoms with Gasteiger partial charge < -0.3 is 10.4 Å². The molecule has 2 rings (SSSR count). The highest BCUT2D eigenvalue weighted by Crippen LogP contribution is 2.38. The standard InChI is InChI=1S/C12H19NO/c1-3-12(14)8-9(2)13-11-7-5-4-6-10(11)12/h1,9-11,13-14H,4-8H2,2H3. The van der Waals surface area contributed by atoms with E-state index < -0.39 is 5.60 Å². The number of aliphatic hydroxyl groups is 1. The summed E-state index contributed by atoms with van der Waals surface area (Å²) >= 11 is 0. The molecule has 0 spiro atoms. The van der Waals surface area contributed by atoms with Crippen LogP contribution in [-0.2, 0) is 0 Å². The molecule has 4 atom stereocenters. The van der Waals surface area contributed by atoms with Gasteiger partial charge in [-0.05, 0) is 19.8 Å². The molecule has 2 nitrogen and oxygen atoms in total. The Morgan fingerprint density at radius 2 is 2.14 bits per heavy atom. The molecule has 1 aliphatic heterocycles. The smallest absolute Gasteiger partial charge is 0.130 e. The van der Waals surface area contributed by atoms with Crippen molar-refractivity contribution >= 4 is 0 Å². The topological polar surface area (TPSA) is 32.3 Å². The Morgan fingerprint density at radius 1 is 1.43 bits per heavy atom. The van der Waals surface area contributed by atoms with Crippen molar-refractivity contribution in [2.75, 3.05) is 0 Å². The Morgan fingerprint density at radius 3 is 2.86 bits per heavy atom. The highest BCUT2D eigenvalue weighted by atomic mass is 16.3. The molecule has 0 aromatic heterocycles. The molecule has 1 saturated carbocycles. The first-order chi connectivity index (χ1) is 6.65. The first-order valence-electron chi connectivity index (χ1n) is 5.62. The van der Waals surface area contributed by atoms with Crippen molar-refractivity contribution in [2.24, 2.45) is 5.92 Å². The second-order valence-electron chi connectivity index (χ2n) is 4.84. The molecule has 0 aromatic rings. The Bertz CT molecular complexity index is 258. The van der Waals surface area contributed by atoms with Gasteiger partial charge >= 0.3 is 0 Å². The van der Waals surface area contributed by atoms with Crippen LogP contribution in [0.3, 0.4) is 0 Å². The van der Waals surface area contributed by atoms with Crippen molar-refractivity contribution in [3.8, 4) is 12.3 Å². The molecule has 4 unspecified atom stereocenters. The van der Waals surface area contributed by atoms with Crippen LogP contribution in [0.5, 0.6) is 0 Å². The highest BCUT2D eigenvalue weighted by molar-refractivity contribution is 5.16. The van der Waals surface area contributed by atoms with Crippen LogP contribution in [-0.4, -0.2) is 22.8 Å². The first kappa shape index (κ1) is 10.0. The van der Waals surface area contributed by atoms with E-state index in [0.717, 1.165) is 6.42 Å². The van der Waals surface area contributed by atoms with E-state index >= 15 is 0 Å². The van der Waals surface area contributed by atoms with Gasteiger partial charge in [-0.1, -0.05) is 18.8 Å². The Labute approximate surface area is 86.1 Å². The Kier molecular flexibility index (Phi) is 2.55. The van der Waals surface area contributed by atoms with Gasteiger partial charge in [0.25, 0.3) is 0 Å². The third kappa shape index (κ3) is 1.55. The highest BCUT2D eigenvalue weighted by Gasteiger charge is 2.45. The van der Waals surface area contributed by atoms with E-state index in [1.807, 2.05) is 0 Å². The second kappa shape index (κ2) is 3.56. The van der Waals surface area contributed by atoms with E-state index in [1.54, 1.807) is 0 Å². The molecule has 2 aliphatic rings. The lowest BCUT2D eigenvalue weighted by atomic mass is 9.69. The third-order valence-electron chi connectivity index (χ3n) is 3.75. The summed E-state index contributed by atoms with van der Waals surface area (Å²) in [6, 6.07) is 0.781. The quantitative estimate of drug-likeness (QED) is 0.568. The molecule has 14 heavy (non-hydrogen) atoms. The summed E-state index contributed by atoms with van der Waals surface area (Å²) in [5.41, 5.74) is -0.851. The van der Waals surface area contributed by atoms with Crippen molar-refractivity contribution in [2.45, 2.75) is 56.7 Å². The maximum Gasteiger partial charge on any atom is 0.130 e. The molecule has 1 aliphatic carbocycles. The maximum atomic E-state index is 10.4. The summed E-state index contributed by atoms with van der Waals surface area (Å²) in [7, 11) is 0. The van der Waals surface area contributed by atoms with Crippen LogP contribution in [0.25, 0.3) is 0 Å². The van der Waals surface area contributed by atoms with Gasteiger partial charge in [-0.25, -0.2) is 0 Å². The summed E-state index contributed by atoms with van der Waals surface area (Å²) in [6.07, 6.45) is 10.9. The summed E-state index contributed by atoms with van der Waals surface area (Å²) in [6.45, 7) is 2.10. The molecule has 1 saturated heterocycles. The largest absolute Gasteiger partial charge is 0.377 e. The lowest BCUT2D eigenvalue weighted by Gasteiger charge is -2.47. The van der Waals surface area contributed by atoms with E-state index in [9.17, 15) is 5.11 Å². The lowest BCUT2D eigenvalue weighted by molar-refractivity contribution is -0.0384. The van der Waals surface area contributed by atoms with Gasteiger partial charge in [0.1, 0.15) is 5.60 Å².